The Morgan fingerprint density at radius 2 is 1.81 bits per heavy atom. The second-order valence-electron chi connectivity index (χ2n) is 4.99. The van der Waals surface area contributed by atoms with Crippen molar-refractivity contribution in [2.75, 3.05) is 4.72 Å². The van der Waals surface area contributed by atoms with E-state index < -0.39 is 10.0 Å². The van der Waals surface area contributed by atoms with E-state index in [0.29, 0.717) is 11.3 Å². The molecule has 0 aromatic heterocycles. The Hall–Kier alpha value is -2.32. The molecule has 0 unspecified atom stereocenters. The Morgan fingerprint density at radius 3 is 2.48 bits per heavy atom. The number of anilines is 1. The van der Waals surface area contributed by atoms with Gasteiger partial charge in [-0.3, -0.25) is 4.72 Å². The average Bonchev–Trinajstić information content (AvgIpc) is 2.47. The van der Waals surface area contributed by atoms with E-state index in [1.165, 1.54) is 12.1 Å². The molecule has 5 heteroatoms. The van der Waals surface area contributed by atoms with Crippen LogP contribution in [-0.2, 0) is 10.0 Å². The molecule has 0 saturated carbocycles. The van der Waals surface area contributed by atoms with Crippen LogP contribution < -0.4 is 4.72 Å². The lowest BCUT2D eigenvalue weighted by Crippen LogP contribution is -2.14. The van der Waals surface area contributed by atoms with Crippen LogP contribution in [0.15, 0.2) is 53.4 Å². The predicted molar refractivity (Wildman–Crippen MR) is 82.5 cm³/mol. The molecule has 1 N–H and O–H groups in total. The molecular weight excluding hydrogens is 284 g/mol. The summed E-state index contributed by atoms with van der Waals surface area (Å²) in [6.45, 7) is 4.01. The summed E-state index contributed by atoms with van der Waals surface area (Å²) in [4.78, 5) is 0.0834. The van der Waals surface area contributed by atoms with Crippen LogP contribution in [0.4, 0.5) is 5.69 Å². The van der Waals surface area contributed by atoms with Crippen molar-refractivity contribution in [1.29, 1.82) is 5.26 Å². The van der Waals surface area contributed by atoms with Gasteiger partial charge in [-0.2, -0.15) is 5.26 Å². The zero-order valence-corrected chi connectivity index (χ0v) is 12.7. The van der Waals surface area contributed by atoms with Gasteiger partial charge < -0.3 is 0 Å². The highest BCUT2D eigenvalue weighted by molar-refractivity contribution is 7.92. The molecule has 0 fully saturated rings. The Kier molecular flexibility index (Phi) is 4.29. The summed E-state index contributed by atoms with van der Waals surface area (Å²) in [6.07, 6.45) is 0. The first-order valence-electron chi connectivity index (χ1n) is 6.56. The Labute approximate surface area is 125 Å². The number of hydrogen-bond acceptors (Lipinski definition) is 3. The number of para-hydroxylation sites is 1. The monoisotopic (exact) mass is 300 g/mol. The van der Waals surface area contributed by atoms with Crippen LogP contribution in [0.25, 0.3) is 0 Å². The lowest BCUT2D eigenvalue weighted by molar-refractivity contribution is 0.601. The number of nitriles is 1. The van der Waals surface area contributed by atoms with Gasteiger partial charge in [-0.05, 0) is 35.7 Å². The first-order valence-corrected chi connectivity index (χ1v) is 8.04. The number of benzene rings is 2. The van der Waals surface area contributed by atoms with E-state index in [9.17, 15) is 8.42 Å². The lowest BCUT2D eigenvalue weighted by atomic mass is 10.0. The third-order valence-corrected chi connectivity index (χ3v) is 4.46. The van der Waals surface area contributed by atoms with Crippen molar-refractivity contribution in [3.8, 4) is 6.07 Å². The molecule has 21 heavy (non-hydrogen) atoms. The molecule has 2 aromatic rings. The second-order valence-corrected chi connectivity index (χ2v) is 6.67. The van der Waals surface area contributed by atoms with Crippen LogP contribution in [0, 0.1) is 11.3 Å². The van der Waals surface area contributed by atoms with Crippen LogP contribution in [0.5, 0.6) is 0 Å². The molecule has 0 amide bonds. The van der Waals surface area contributed by atoms with Crippen LogP contribution >= 0.6 is 0 Å². The third-order valence-electron chi connectivity index (χ3n) is 3.10. The minimum atomic E-state index is -3.70. The topological polar surface area (TPSA) is 70.0 Å². The highest BCUT2D eigenvalue weighted by Gasteiger charge is 2.17. The molecule has 0 aliphatic heterocycles. The Morgan fingerprint density at radius 1 is 1.10 bits per heavy atom. The molecular formula is C16H16N2O2S. The van der Waals surface area contributed by atoms with E-state index >= 15 is 0 Å². The molecule has 0 aliphatic carbocycles. The number of nitrogens with one attached hydrogen (secondary N) is 1. The summed E-state index contributed by atoms with van der Waals surface area (Å²) in [5.74, 6) is 0.203. The van der Waals surface area contributed by atoms with Gasteiger partial charge in [-0.25, -0.2) is 8.42 Å². The maximum absolute atomic E-state index is 12.4. The fourth-order valence-corrected chi connectivity index (χ4v) is 3.16. The van der Waals surface area contributed by atoms with E-state index in [0.717, 1.165) is 5.56 Å². The number of sulfonamides is 1. The maximum atomic E-state index is 12.4. The summed E-state index contributed by atoms with van der Waals surface area (Å²) in [6, 6.07) is 15.2. The van der Waals surface area contributed by atoms with Crippen molar-refractivity contribution >= 4 is 15.7 Å². The van der Waals surface area contributed by atoms with Crippen molar-refractivity contribution in [1.82, 2.24) is 0 Å². The fraction of sp³-hybridized carbons (Fsp3) is 0.188. The molecule has 0 spiro atoms. The molecule has 0 saturated heterocycles. The van der Waals surface area contributed by atoms with Crippen LogP contribution in [0.2, 0.25) is 0 Å². The van der Waals surface area contributed by atoms with Gasteiger partial charge in [0.2, 0.25) is 0 Å². The number of hydrogen-bond donors (Lipinski definition) is 1. The van der Waals surface area contributed by atoms with Gasteiger partial charge in [-0.15, -0.1) is 0 Å². The molecule has 108 valence electrons. The van der Waals surface area contributed by atoms with E-state index in [-0.39, 0.29) is 10.8 Å². The Balaban J connectivity index is 2.41. The van der Waals surface area contributed by atoms with Gasteiger partial charge >= 0.3 is 0 Å². The minimum Gasteiger partial charge on any atom is -0.279 e. The van der Waals surface area contributed by atoms with Gasteiger partial charge in [0, 0.05) is 0 Å². The Bertz CT molecular complexity index is 790. The molecule has 0 aliphatic rings. The fourth-order valence-electron chi connectivity index (χ4n) is 2.03. The van der Waals surface area contributed by atoms with Gasteiger partial charge in [0.25, 0.3) is 10.0 Å². The van der Waals surface area contributed by atoms with Gasteiger partial charge in [0.05, 0.1) is 22.2 Å². The third kappa shape index (κ3) is 3.41. The van der Waals surface area contributed by atoms with Crippen molar-refractivity contribution in [2.24, 2.45) is 0 Å². The van der Waals surface area contributed by atoms with Crippen LogP contribution in [-0.4, -0.2) is 8.42 Å². The standard InChI is InChI=1S/C16H16N2O2S/c1-12(2)15-8-3-4-9-16(15)18-21(19,20)14-7-5-6-13(10-14)11-17/h3-10,12,18H,1-2H3. The zero-order valence-electron chi connectivity index (χ0n) is 11.9. The molecule has 4 nitrogen and oxygen atoms in total. The molecule has 2 aromatic carbocycles. The summed E-state index contributed by atoms with van der Waals surface area (Å²) in [5.41, 5.74) is 1.81. The highest BCUT2D eigenvalue weighted by Crippen LogP contribution is 2.26. The second kappa shape index (κ2) is 5.98. The predicted octanol–water partition coefficient (Wildman–Crippen LogP) is 3.48. The molecule has 0 radical (unpaired) electrons. The normalized spacial score (nSPS) is 11.1. The quantitative estimate of drug-likeness (QED) is 0.939. The minimum absolute atomic E-state index is 0.0834. The first kappa shape index (κ1) is 15.1. The highest BCUT2D eigenvalue weighted by atomic mass is 32.2. The maximum Gasteiger partial charge on any atom is 0.261 e. The molecule has 0 bridgehead atoms. The number of rotatable bonds is 4. The molecule has 0 heterocycles. The van der Waals surface area contributed by atoms with E-state index in [4.69, 9.17) is 5.26 Å². The SMILES string of the molecule is CC(C)c1ccccc1NS(=O)(=O)c1cccc(C#N)c1. The largest absolute Gasteiger partial charge is 0.279 e. The van der Waals surface area contributed by atoms with Crippen molar-refractivity contribution in [2.45, 2.75) is 24.7 Å². The smallest absolute Gasteiger partial charge is 0.261 e. The summed E-state index contributed by atoms with van der Waals surface area (Å²) in [7, 11) is -3.70. The van der Waals surface area contributed by atoms with Crippen LogP contribution in [0.3, 0.4) is 0 Å². The zero-order chi connectivity index (χ0) is 15.5. The number of nitrogens with zero attached hydrogens (tertiary/aromatic N) is 1. The van der Waals surface area contributed by atoms with Crippen molar-refractivity contribution in [3.05, 3.63) is 59.7 Å². The van der Waals surface area contributed by atoms with E-state index in [1.807, 2.05) is 32.0 Å². The van der Waals surface area contributed by atoms with Gasteiger partial charge in [0.1, 0.15) is 0 Å². The van der Waals surface area contributed by atoms with E-state index in [2.05, 4.69) is 4.72 Å². The average molecular weight is 300 g/mol. The van der Waals surface area contributed by atoms with Gasteiger partial charge in [-0.1, -0.05) is 38.1 Å². The van der Waals surface area contributed by atoms with Crippen LogP contribution in [0.1, 0.15) is 30.9 Å². The van der Waals surface area contributed by atoms with E-state index in [1.54, 1.807) is 24.3 Å². The van der Waals surface area contributed by atoms with Crippen molar-refractivity contribution in [3.63, 3.8) is 0 Å². The molecule has 2 rings (SSSR count). The van der Waals surface area contributed by atoms with Gasteiger partial charge in [0.15, 0.2) is 0 Å². The summed E-state index contributed by atoms with van der Waals surface area (Å²) < 4.78 is 27.4. The summed E-state index contributed by atoms with van der Waals surface area (Å²) in [5, 5.41) is 8.87. The lowest BCUT2D eigenvalue weighted by Gasteiger charge is -2.14. The van der Waals surface area contributed by atoms with Crippen molar-refractivity contribution < 1.29 is 8.42 Å². The summed E-state index contributed by atoms with van der Waals surface area (Å²) >= 11 is 0. The first-order chi connectivity index (χ1) is 9.94. The molecule has 0 atom stereocenters.